The van der Waals surface area contributed by atoms with Crippen molar-refractivity contribution >= 4 is 20.9 Å². The van der Waals surface area contributed by atoms with E-state index in [9.17, 15) is 26.9 Å². The molecule has 1 fully saturated rings. The van der Waals surface area contributed by atoms with Crippen LogP contribution in [0.25, 0.3) is 22.6 Å². The Morgan fingerprint density at radius 2 is 2.00 bits per heavy atom. The first-order valence-corrected chi connectivity index (χ1v) is 11.0. The van der Waals surface area contributed by atoms with Crippen molar-refractivity contribution in [1.82, 2.24) is 14.5 Å². The predicted molar refractivity (Wildman–Crippen MR) is 105 cm³/mol. The van der Waals surface area contributed by atoms with Crippen molar-refractivity contribution in [3.8, 4) is 23.3 Å². The quantitative estimate of drug-likeness (QED) is 0.585. The largest absolute Gasteiger partial charge is 0.573 e. The van der Waals surface area contributed by atoms with Gasteiger partial charge in [-0.25, -0.2) is 13.4 Å². The first kappa shape index (κ1) is 21.1. The van der Waals surface area contributed by atoms with E-state index in [1.165, 1.54) is 25.3 Å². The second-order valence-electron chi connectivity index (χ2n) is 7.36. The topological polar surface area (TPSA) is 97.9 Å². The van der Waals surface area contributed by atoms with Crippen molar-refractivity contribution in [3.63, 3.8) is 0 Å². The fourth-order valence-electron chi connectivity index (χ4n) is 3.45. The Hall–Kier alpha value is -3.13. The fourth-order valence-corrected chi connectivity index (χ4v) is 4.50. The molecule has 0 aliphatic heterocycles. The molecule has 1 aliphatic rings. The minimum absolute atomic E-state index is 0.0563. The van der Waals surface area contributed by atoms with Crippen LogP contribution in [0.5, 0.6) is 5.75 Å². The van der Waals surface area contributed by atoms with Crippen LogP contribution in [-0.2, 0) is 22.3 Å². The summed E-state index contributed by atoms with van der Waals surface area (Å²) in [5.41, 5.74) is 0.563. The number of sulfone groups is 1. The highest BCUT2D eigenvalue weighted by Crippen LogP contribution is 2.48. The SMILES string of the molecule is CCS(=O)(=O)c1cc(C2(C#N)CC2)cnc1-c1nc2cc(OC(F)(F)F)ccc2n1C. The average molecular weight is 450 g/mol. The molecule has 0 unspecified atom stereocenters. The van der Waals surface area contributed by atoms with Gasteiger partial charge in [-0.15, -0.1) is 13.2 Å². The molecule has 2 heterocycles. The zero-order valence-electron chi connectivity index (χ0n) is 16.6. The first-order chi connectivity index (χ1) is 14.5. The summed E-state index contributed by atoms with van der Waals surface area (Å²) in [6, 6.07) is 7.38. The second-order valence-corrected chi connectivity index (χ2v) is 9.61. The Morgan fingerprint density at radius 1 is 1.29 bits per heavy atom. The smallest absolute Gasteiger partial charge is 0.406 e. The maximum Gasteiger partial charge on any atom is 0.573 e. The third-order valence-electron chi connectivity index (χ3n) is 5.38. The fraction of sp³-hybridized carbons (Fsp3) is 0.350. The van der Waals surface area contributed by atoms with Crippen molar-refractivity contribution in [2.45, 2.75) is 36.4 Å². The lowest BCUT2D eigenvalue weighted by atomic mass is 9.99. The first-order valence-electron chi connectivity index (χ1n) is 9.37. The van der Waals surface area contributed by atoms with Crippen LogP contribution >= 0.6 is 0 Å². The van der Waals surface area contributed by atoms with Gasteiger partial charge in [0, 0.05) is 19.3 Å². The van der Waals surface area contributed by atoms with Crippen molar-refractivity contribution in [2.75, 3.05) is 5.75 Å². The molecule has 1 aromatic carbocycles. The number of hydrogen-bond donors (Lipinski definition) is 0. The Labute approximate surface area is 176 Å². The normalized spacial score (nSPS) is 15.6. The van der Waals surface area contributed by atoms with Gasteiger partial charge in [-0.2, -0.15) is 5.26 Å². The van der Waals surface area contributed by atoms with Crippen LogP contribution in [0.3, 0.4) is 0 Å². The van der Waals surface area contributed by atoms with Gasteiger partial charge in [0.2, 0.25) is 0 Å². The number of alkyl halides is 3. The number of aryl methyl sites for hydroxylation is 1. The monoisotopic (exact) mass is 450 g/mol. The second kappa shape index (κ2) is 6.95. The van der Waals surface area contributed by atoms with E-state index in [0.717, 1.165) is 12.1 Å². The van der Waals surface area contributed by atoms with Crippen LogP contribution in [0, 0.1) is 11.3 Å². The van der Waals surface area contributed by atoms with Crippen LogP contribution in [0.4, 0.5) is 13.2 Å². The molecule has 7 nitrogen and oxygen atoms in total. The molecular weight excluding hydrogens is 433 g/mol. The number of nitrogens with zero attached hydrogens (tertiary/aromatic N) is 4. The molecule has 3 aromatic rings. The highest BCUT2D eigenvalue weighted by atomic mass is 32.2. The summed E-state index contributed by atoms with van der Waals surface area (Å²) in [6.45, 7) is 1.50. The summed E-state index contributed by atoms with van der Waals surface area (Å²) >= 11 is 0. The number of pyridine rings is 1. The summed E-state index contributed by atoms with van der Waals surface area (Å²) in [6.07, 6.45) is -2.11. The van der Waals surface area contributed by atoms with Gasteiger partial charge in [-0.3, -0.25) is 4.98 Å². The molecule has 2 aromatic heterocycles. The van der Waals surface area contributed by atoms with E-state index in [2.05, 4.69) is 20.8 Å². The lowest BCUT2D eigenvalue weighted by molar-refractivity contribution is -0.274. The molecular formula is C20H17F3N4O3S. The molecule has 4 rings (SSSR count). The third kappa shape index (κ3) is 3.72. The maximum atomic E-state index is 12.8. The molecule has 0 spiro atoms. The number of fused-ring (bicyclic) bond motifs is 1. The van der Waals surface area contributed by atoms with Gasteiger partial charge in [0.05, 0.1) is 33.2 Å². The number of benzene rings is 1. The van der Waals surface area contributed by atoms with Gasteiger partial charge in [0.1, 0.15) is 11.4 Å². The Balaban J connectivity index is 1.89. The molecule has 0 amide bonds. The van der Waals surface area contributed by atoms with Gasteiger partial charge in [0.25, 0.3) is 0 Å². The minimum Gasteiger partial charge on any atom is -0.406 e. The molecule has 31 heavy (non-hydrogen) atoms. The number of nitriles is 1. The van der Waals surface area contributed by atoms with Crippen LogP contribution in [-0.4, -0.2) is 35.1 Å². The Bertz CT molecular complexity index is 1340. The van der Waals surface area contributed by atoms with E-state index in [1.54, 1.807) is 11.6 Å². The van der Waals surface area contributed by atoms with Crippen molar-refractivity contribution < 1.29 is 26.3 Å². The number of aromatic nitrogens is 3. The highest BCUT2D eigenvalue weighted by molar-refractivity contribution is 7.91. The van der Waals surface area contributed by atoms with Crippen molar-refractivity contribution in [3.05, 3.63) is 36.0 Å². The van der Waals surface area contributed by atoms with Gasteiger partial charge < -0.3 is 9.30 Å². The molecule has 11 heteroatoms. The summed E-state index contributed by atoms with van der Waals surface area (Å²) in [5, 5.41) is 9.46. The Kier molecular flexibility index (Phi) is 4.73. The van der Waals surface area contributed by atoms with Crippen LogP contribution in [0.1, 0.15) is 25.3 Å². The van der Waals surface area contributed by atoms with Gasteiger partial charge in [0.15, 0.2) is 15.7 Å². The summed E-state index contributed by atoms with van der Waals surface area (Å²) in [5.74, 6) is -0.434. The van der Waals surface area contributed by atoms with Crippen molar-refractivity contribution in [2.24, 2.45) is 7.05 Å². The van der Waals surface area contributed by atoms with E-state index in [1.807, 2.05) is 0 Å². The molecule has 1 aliphatic carbocycles. The predicted octanol–water partition coefficient (Wildman–Crippen LogP) is 3.88. The van der Waals surface area contributed by atoms with E-state index in [0.29, 0.717) is 23.9 Å². The van der Waals surface area contributed by atoms with E-state index >= 15 is 0 Å². The summed E-state index contributed by atoms with van der Waals surface area (Å²) in [4.78, 5) is 8.61. The van der Waals surface area contributed by atoms with Crippen LogP contribution in [0.2, 0.25) is 0 Å². The van der Waals surface area contributed by atoms with Crippen LogP contribution in [0.15, 0.2) is 35.4 Å². The molecule has 0 atom stereocenters. The van der Waals surface area contributed by atoms with Crippen molar-refractivity contribution in [1.29, 1.82) is 5.26 Å². The van der Waals surface area contributed by atoms with Gasteiger partial charge in [-0.05, 0) is 36.6 Å². The Morgan fingerprint density at radius 3 is 2.58 bits per heavy atom. The lowest BCUT2D eigenvalue weighted by Gasteiger charge is -2.13. The molecule has 162 valence electrons. The van der Waals surface area contributed by atoms with Gasteiger partial charge >= 0.3 is 6.36 Å². The average Bonchev–Trinajstić information content (AvgIpc) is 3.45. The van der Waals surface area contributed by atoms with E-state index < -0.39 is 27.4 Å². The number of halogens is 3. The highest BCUT2D eigenvalue weighted by Gasteiger charge is 2.46. The molecule has 0 N–H and O–H groups in total. The number of hydrogen-bond acceptors (Lipinski definition) is 6. The third-order valence-corrected chi connectivity index (χ3v) is 7.12. The lowest BCUT2D eigenvalue weighted by Crippen LogP contribution is -2.16. The number of ether oxygens (including phenoxy) is 1. The summed E-state index contributed by atoms with van der Waals surface area (Å²) in [7, 11) is -2.11. The maximum absolute atomic E-state index is 12.8. The van der Waals surface area contributed by atoms with E-state index in [-0.39, 0.29) is 27.7 Å². The molecule has 0 saturated heterocycles. The molecule has 0 bridgehead atoms. The van der Waals surface area contributed by atoms with E-state index in [4.69, 9.17) is 0 Å². The molecule has 0 radical (unpaired) electrons. The van der Waals surface area contributed by atoms with Crippen LogP contribution < -0.4 is 4.74 Å². The van der Waals surface area contributed by atoms with Gasteiger partial charge in [-0.1, -0.05) is 6.92 Å². The number of imidazole rings is 1. The minimum atomic E-state index is -4.84. The molecule has 1 saturated carbocycles. The number of rotatable bonds is 5. The zero-order chi connectivity index (χ0) is 22.6. The summed E-state index contributed by atoms with van der Waals surface area (Å²) < 4.78 is 68.7. The standard InChI is InChI=1S/C20H17F3N4O3S/c1-3-31(28,29)16-8-12(19(11-24)6-7-19)10-25-17(16)18-26-14-9-13(30-20(21,22)23)4-5-15(14)27(18)2/h4-5,8-10H,3,6-7H2,1-2H3. The zero-order valence-corrected chi connectivity index (χ0v) is 17.4.